The summed E-state index contributed by atoms with van der Waals surface area (Å²) in [5.41, 5.74) is 2.82. The Morgan fingerprint density at radius 1 is 0.962 bits per heavy atom. The van der Waals surface area contributed by atoms with Gasteiger partial charge in [-0.3, -0.25) is 9.88 Å². The van der Waals surface area contributed by atoms with Crippen molar-refractivity contribution in [2.24, 2.45) is 0 Å². The molecule has 1 saturated heterocycles. The van der Waals surface area contributed by atoms with E-state index in [4.69, 9.17) is 24.3 Å². The molecule has 0 radical (unpaired) electrons. The van der Waals surface area contributed by atoms with E-state index in [1.807, 2.05) is 37.8 Å². The van der Waals surface area contributed by atoms with E-state index in [1.54, 1.807) is 23.0 Å². The van der Waals surface area contributed by atoms with E-state index in [1.165, 1.54) is 12.1 Å². The normalized spacial score (nSPS) is 14.7. The lowest BCUT2D eigenvalue weighted by Gasteiger charge is -2.36. The van der Waals surface area contributed by atoms with Crippen molar-refractivity contribution >= 4 is 44.6 Å². The molecule has 1 aromatic carbocycles. The second kappa shape index (κ2) is 16.7. The van der Waals surface area contributed by atoms with Crippen LogP contribution in [-0.2, 0) is 20.8 Å². The van der Waals surface area contributed by atoms with Gasteiger partial charge in [0.1, 0.15) is 30.7 Å². The number of benzene rings is 1. The van der Waals surface area contributed by atoms with Gasteiger partial charge < -0.3 is 24.4 Å². The van der Waals surface area contributed by atoms with Gasteiger partial charge in [0, 0.05) is 64.2 Å². The predicted octanol–water partition coefficient (Wildman–Crippen LogP) is 8.00. The zero-order chi connectivity index (χ0) is 37.7. The minimum Gasteiger partial charge on any atom is -0.444 e. The summed E-state index contributed by atoms with van der Waals surface area (Å²) in [4.78, 5) is 27.5. The van der Waals surface area contributed by atoms with Crippen molar-refractivity contribution in [3.63, 3.8) is 0 Å². The number of piperidine rings is 1. The fraction of sp³-hybridized carbons (Fsp3) is 0.579. The van der Waals surface area contributed by atoms with E-state index in [2.05, 4.69) is 54.5 Å². The first-order valence-corrected chi connectivity index (χ1v) is 25.9. The number of halogens is 1. The summed E-state index contributed by atoms with van der Waals surface area (Å²) in [6, 6.07) is 10.5. The summed E-state index contributed by atoms with van der Waals surface area (Å²) in [6.45, 7) is 23.5. The van der Waals surface area contributed by atoms with Gasteiger partial charge in [-0.05, 0) is 83.1 Å². The number of nitrogens with one attached hydrogen (secondary N) is 1. The molecule has 1 aliphatic heterocycles. The summed E-state index contributed by atoms with van der Waals surface area (Å²) in [6.07, 6.45) is 4.80. The third-order valence-corrected chi connectivity index (χ3v) is 12.4. The molecule has 284 valence electrons. The van der Waals surface area contributed by atoms with Crippen molar-refractivity contribution in [2.75, 3.05) is 44.7 Å². The third-order valence-electron chi connectivity index (χ3n) is 8.98. The third kappa shape index (κ3) is 11.3. The first-order chi connectivity index (χ1) is 24.5. The lowest BCUT2D eigenvalue weighted by Crippen LogP contribution is -2.47. The van der Waals surface area contributed by atoms with Crippen LogP contribution in [0.3, 0.4) is 0 Å². The molecule has 1 N–H and O–H groups in total. The maximum atomic E-state index is 14.3. The lowest BCUT2D eigenvalue weighted by molar-refractivity contribution is 0.0104. The number of hydrogen-bond acceptors (Lipinski definition) is 9. The first-order valence-electron chi connectivity index (χ1n) is 18.5. The van der Waals surface area contributed by atoms with Crippen molar-refractivity contribution < 1.29 is 23.4 Å². The zero-order valence-electron chi connectivity index (χ0n) is 32.6. The molecule has 11 nitrogen and oxygen atoms in total. The Bertz CT molecular complexity index is 1790. The molecule has 0 saturated carbocycles. The van der Waals surface area contributed by atoms with Crippen molar-refractivity contribution in [2.45, 2.75) is 103 Å². The fourth-order valence-electron chi connectivity index (χ4n) is 5.99. The number of fused-ring (bicyclic) bond motifs is 2. The van der Waals surface area contributed by atoms with Crippen molar-refractivity contribution in [3.05, 3.63) is 54.2 Å². The molecule has 4 heterocycles. The number of pyridine rings is 1. The van der Waals surface area contributed by atoms with Crippen LogP contribution in [0, 0.1) is 5.82 Å². The fourth-order valence-corrected chi connectivity index (χ4v) is 7.50. The summed E-state index contributed by atoms with van der Waals surface area (Å²) in [7, 11) is -2.63. The average molecular weight is 752 g/mol. The highest BCUT2D eigenvalue weighted by molar-refractivity contribution is 6.76. The molecule has 1 aliphatic rings. The summed E-state index contributed by atoms with van der Waals surface area (Å²) in [5.74, 6) is 0.412. The Kier molecular flexibility index (Phi) is 12.8. The molecule has 1 fully saturated rings. The van der Waals surface area contributed by atoms with Crippen LogP contribution >= 0.6 is 0 Å². The SMILES string of the molecule is CC(C)(C)OC(=O)N(Cc1cc(N(COCC[Si](C)(C)C)COCC[Si](C)(C)C)n2ncc(-c3cnc4ccc(F)cc4c3)c2n1)C1CCNCC1. The number of carbonyl (C=O) groups is 1. The molecule has 0 bridgehead atoms. The number of rotatable bonds is 15. The number of nitrogens with zero attached hydrogens (tertiary/aromatic N) is 6. The van der Waals surface area contributed by atoms with Gasteiger partial charge in [0.2, 0.25) is 0 Å². The summed E-state index contributed by atoms with van der Waals surface area (Å²) in [5, 5.41) is 8.93. The maximum absolute atomic E-state index is 14.3. The van der Waals surface area contributed by atoms with E-state index < -0.39 is 21.7 Å². The van der Waals surface area contributed by atoms with E-state index in [0.29, 0.717) is 48.9 Å². The van der Waals surface area contributed by atoms with Gasteiger partial charge >= 0.3 is 6.09 Å². The van der Waals surface area contributed by atoms with Gasteiger partial charge in [-0.25, -0.2) is 14.2 Å². The van der Waals surface area contributed by atoms with Gasteiger partial charge in [-0.2, -0.15) is 9.61 Å². The van der Waals surface area contributed by atoms with Gasteiger partial charge in [0.05, 0.1) is 24.0 Å². The molecule has 1 amide bonds. The predicted molar refractivity (Wildman–Crippen MR) is 212 cm³/mol. The topological polar surface area (TPSA) is 106 Å². The second-order valence-corrected chi connectivity index (χ2v) is 28.5. The number of ether oxygens (including phenoxy) is 3. The molecule has 4 aromatic rings. The molecule has 3 aromatic heterocycles. The van der Waals surface area contributed by atoms with Crippen LogP contribution in [0.2, 0.25) is 51.4 Å². The average Bonchev–Trinajstić information content (AvgIpc) is 3.48. The van der Waals surface area contributed by atoms with Crippen LogP contribution in [0.1, 0.15) is 39.3 Å². The Labute approximate surface area is 310 Å². The largest absolute Gasteiger partial charge is 0.444 e. The Hall–Kier alpha value is -3.44. The molecule has 52 heavy (non-hydrogen) atoms. The van der Waals surface area contributed by atoms with Crippen LogP contribution in [-0.4, -0.2) is 98.1 Å². The minimum absolute atomic E-state index is 0.00700. The Balaban J connectivity index is 1.59. The van der Waals surface area contributed by atoms with E-state index in [0.717, 1.165) is 55.0 Å². The van der Waals surface area contributed by atoms with Gasteiger partial charge in [-0.1, -0.05) is 39.3 Å². The molecular formula is C38H58FN7O4Si2. The van der Waals surface area contributed by atoms with Crippen LogP contribution in [0.25, 0.3) is 27.7 Å². The molecule has 0 atom stereocenters. The smallest absolute Gasteiger partial charge is 0.410 e. The van der Waals surface area contributed by atoms with E-state index in [-0.39, 0.29) is 24.5 Å². The minimum atomic E-state index is -1.31. The van der Waals surface area contributed by atoms with Crippen molar-refractivity contribution in [3.8, 4) is 11.1 Å². The number of amides is 1. The highest BCUT2D eigenvalue weighted by Gasteiger charge is 2.31. The second-order valence-electron chi connectivity index (χ2n) is 17.3. The number of aromatic nitrogens is 4. The highest BCUT2D eigenvalue weighted by atomic mass is 28.3. The Morgan fingerprint density at radius 2 is 1.62 bits per heavy atom. The van der Waals surface area contributed by atoms with E-state index >= 15 is 0 Å². The number of hydrogen-bond donors (Lipinski definition) is 1. The molecule has 14 heteroatoms. The molecule has 0 aliphatic carbocycles. The molecule has 5 rings (SSSR count). The van der Waals surface area contributed by atoms with Gasteiger partial charge in [-0.15, -0.1) is 0 Å². The lowest BCUT2D eigenvalue weighted by atomic mass is 10.0. The van der Waals surface area contributed by atoms with Crippen LogP contribution in [0.5, 0.6) is 0 Å². The van der Waals surface area contributed by atoms with Crippen LogP contribution in [0.4, 0.5) is 15.0 Å². The monoisotopic (exact) mass is 751 g/mol. The zero-order valence-corrected chi connectivity index (χ0v) is 34.6. The van der Waals surface area contributed by atoms with Crippen molar-refractivity contribution in [1.29, 1.82) is 0 Å². The maximum Gasteiger partial charge on any atom is 0.410 e. The highest BCUT2D eigenvalue weighted by Crippen LogP contribution is 2.30. The Morgan fingerprint density at radius 3 is 2.23 bits per heavy atom. The van der Waals surface area contributed by atoms with Crippen LogP contribution in [0.15, 0.2) is 42.7 Å². The van der Waals surface area contributed by atoms with Crippen molar-refractivity contribution in [1.82, 2.24) is 29.8 Å². The van der Waals surface area contributed by atoms with Gasteiger partial charge in [0.25, 0.3) is 0 Å². The van der Waals surface area contributed by atoms with E-state index in [9.17, 15) is 9.18 Å². The number of anilines is 1. The van der Waals surface area contributed by atoms with Crippen LogP contribution < -0.4 is 10.2 Å². The summed E-state index contributed by atoms with van der Waals surface area (Å²) >= 11 is 0. The number of carbonyl (C=O) groups excluding carboxylic acids is 1. The first kappa shape index (κ1) is 39.8. The standard InChI is InChI=1S/C38H58FN7O4Si2/c1-38(2,3)50-37(47)45(32-12-14-40-15-13-32)25-31-22-35(44(26-48-16-18-51(4,5)6)27-49-17-19-52(7,8)9)46-36(43-31)33(24-42-46)29-20-28-21-30(39)10-11-34(28)41-23-29/h10-11,20-24,32,40H,12-19,25-27H2,1-9H3. The molecular weight excluding hydrogens is 694 g/mol. The summed E-state index contributed by atoms with van der Waals surface area (Å²) < 4.78 is 34.7. The molecule has 0 spiro atoms. The quantitative estimate of drug-likeness (QED) is 0.0735. The molecule has 0 unspecified atom stereocenters. The van der Waals surface area contributed by atoms with Gasteiger partial charge in [0.15, 0.2) is 5.65 Å².